The van der Waals surface area contributed by atoms with Crippen molar-refractivity contribution < 1.29 is 9.47 Å². The Morgan fingerprint density at radius 3 is 1.81 bits per heavy atom. The molecule has 0 fully saturated rings. The van der Waals surface area contributed by atoms with Gasteiger partial charge in [0.25, 0.3) is 0 Å². The smallest absolute Gasteiger partial charge is 0.119 e. The SMILES string of the molecule is C.C.C.CC.COCCOc1ccccc1. The molecule has 1 rings (SSSR count). The van der Waals surface area contributed by atoms with Gasteiger partial charge in [-0.2, -0.15) is 0 Å². The van der Waals surface area contributed by atoms with Crippen molar-refractivity contribution in [2.75, 3.05) is 20.3 Å². The van der Waals surface area contributed by atoms with E-state index in [1.807, 2.05) is 44.2 Å². The van der Waals surface area contributed by atoms with Crippen molar-refractivity contribution in [3.05, 3.63) is 30.3 Å². The summed E-state index contributed by atoms with van der Waals surface area (Å²) in [5.74, 6) is 0.893. The first kappa shape index (κ1) is 24.3. The number of rotatable bonds is 4. The van der Waals surface area contributed by atoms with E-state index < -0.39 is 0 Å². The molecule has 0 aliphatic rings. The second-order valence-electron chi connectivity index (χ2n) is 2.15. The minimum atomic E-state index is 0. The van der Waals surface area contributed by atoms with Crippen LogP contribution in [0.4, 0.5) is 0 Å². The molecule has 98 valence electrons. The van der Waals surface area contributed by atoms with Crippen molar-refractivity contribution in [1.29, 1.82) is 0 Å². The molecule has 2 heteroatoms. The third-order valence-electron chi connectivity index (χ3n) is 1.30. The lowest BCUT2D eigenvalue weighted by molar-refractivity contribution is 0.146. The molecule has 2 nitrogen and oxygen atoms in total. The predicted octanol–water partition coefficient (Wildman–Crippen LogP) is 4.65. The molecule has 0 spiro atoms. The molecule has 0 unspecified atom stereocenters. The lowest BCUT2D eigenvalue weighted by atomic mass is 10.3. The van der Waals surface area contributed by atoms with Gasteiger partial charge >= 0.3 is 0 Å². The molecule has 1 aromatic carbocycles. The van der Waals surface area contributed by atoms with Crippen LogP contribution in [0, 0.1) is 0 Å². The largest absolute Gasteiger partial charge is 0.491 e. The summed E-state index contributed by atoms with van der Waals surface area (Å²) >= 11 is 0. The van der Waals surface area contributed by atoms with Gasteiger partial charge in [0.1, 0.15) is 12.4 Å². The monoisotopic (exact) mass is 230 g/mol. The Morgan fingerprint density at radius 2 is 1.38 bits per heavy atom. The molecule has 0 N–H and O–H groups in total. The summed E-state index contributed by atoms with van der Waals surface area (Å²) in [5, 5.41) is 0. The van der Waals surface area contributed by atoms with Gasteiger partial charge in [-0.15, -0.1) is 0 Å². The Hall–Kier alpha value is -1.02. The molecule has 0 saturated heterocycles. The molecule has 0 bridgehead atoms. The van der Waals surface area contributed by atoms with Gasteiger partial charge < -0.3 is 9.47 Å². The maximum Gasteiger partial charge on any atom is 0.119 e. The number of hydrogen-bond donors (Lipinski definition) is 0. The van der Waals surface area contributed by atoms with Crippen LogP contribution < -0.4 is 4.74 Å². The summed E-state index contributed by atoms with van der Waals surface area (Å²) in [6.45, 7) is 5.25. The number of hydrogen-bond acceptors (Lipinski definition) is 2. The summed E-state index contributed by atoms with van der Waals surface area (Å²) in [4.78, 5) is 0. The highest BCUT2D eigenvalue weighted by molar-refractivity contribution is 5.20. The normalized spacial score (nSPS) is 6.94. The summed E-state index contributed by atoms with van der Waals surface area (Å²) in [7, 11) is 1.66. The highest BCUT2D eigenvalue weighted by Gasteiger charge is 1.88. The van der Waals surface area contributed by atoms with Crippen molar-refractivity contribution in [2.45, 2.75) is 36.1 Å². The summed E-state index contributed by atoms with van der Waals surface area (Å²) in [6.07, 6.45) is 0. The number of ether oxygens (including phenoxy) is 2. The van der Waals surface area contributed by atoms with Crippen LogP contribution in [0.25, 0.3) is 0 Å². The highest BCUT2D eigenvalue weighted by Crippen LogP contribution is 2.07. The number of para-hydroxylation sites is 1. The van der Waals surface area contributed by atoms with E-state index in [0.717, 1.165) is 5.75 Å². The average molecular weight is 230 g/mol. The molecule has 16 heavy (non-hydrogen) atoms. The van der Waals surface area contributed by atoms with Gasteiger partial charge in [0, 0.05) is 7.11 Å². The van der Waals surface area contributed by atoms with Crippen molar-refractivity contribution >= 4 is 0 Å². The number of benzene rings is 1. The van der Waals surface area contributed by atoms with Gasteiger partial charge in [-0.25, -0.2) is 0 Å². The molecular formula is C14H30O2. The Kier molecular flexibility index (Phi) is 29.7. The predicted molar refractivity (Wildman–Crippen MR) is 75.4 cm³/mol. The molecule has 1 aromatic rings. The lowest BCUT2D eigenvalue weighted by Gasteiger charge is -2.03. The van der Waals surface area contributed by atoms with E-state index >= 15 is 0 Å². The molecule has 0 aromatic heterocycles. The second kappa shape index (κ2) is 19.5. The van der Waals surface area contributed by atoms with E-state index in [0.29, 0.717) is 13.2 Å². The van der Waals surface area contributed by atoms with Crippen LogP contribution in [0.15, 0.2) is 30.3 Å². The minimum Gasteiger partial charge on any atom is -0.491 e. The second-order valence-corrected chi connectivity index (χ2v) is 2.15. The van der Waals surface area contributed by atoms with Crippen LogP contribution in [0.3, 0.4) is 0 Å². The van der Waals surface area contributed by atoms with Crippen molar-refractivity contribution in [3.63, 3.8) is 0 Å². The lowest BCUT2D eigenvalue weighted by Crippen LogP contribution is -2.03. The third kappa shape index (κ3) is 13.0. The molecule has 0 radical (unpaired) electrons. The van der Waals surface area contributed by atoms with E-state index in [4.69, 9.17) is 9.47 Å². The molecule has 0 atom stereocenters. The first-order valence-corrected chi connectivity index (χ1v) is 4.60. The fourth-order valence-corrected chi connectivity index (χ4v) is 0.760. The van der Waals surface area contributed by atoms with Gasteiger partial charge in [-0.3, -0.25) is 0 Å². The minimum absolute atomic E-state index is 0. The van der Waals surface area contributed by atoms with Crippen LogP contribution in [-0.2, 0) is 4.74 Å². The fraction of sp³-hybridized carbons (Fsp3) is 0.571. The van der Waals surface area contributed by atoms with Gasteiger partial charge in [0.2, 0.25) is 0 Å². The number of methoxy groups -OCH3 is 1. The highest BCUT2D eigenvalue weighted by atomic mass is 16.5. The van der Waals surface area contributed by atoms with Crippen molar-refractivity contribution in [3.8, 4) is 5.75 Å². The molecule has 0 aliphatic heterocycles. The van der Waals surface area contributed by atoms with Crippen molar-refractivity contribution in [1.82, 2.24) is 0 Å². The Balaban J connectivity index is -0.000000136. The average Bonchev–Trinajstić information content (AvgIpc) is 2.23. The topological polar surface area (TPSA) is 18.5 Å². The zero-order valence-electron chi connectivity index (χ0n) is 8.62. The van der Waals surface area contributed by atoms with E-state index in [9.17, 15) is 0 Å². The van der Waals surface area contributed by atoms with E-state index in [1.165, 1.54) is 0 Å². The first-order valence-electron chi connectivity index (χ1n) is 4.60. The standard InChI is InChI=1S/C9H12O2.C2H6.3CH4/c1-10-7-8-11-9-5-3-2-4-6-9;1-2;;;/h2-6H,7-8H2,1H3;1-2H3;3*1H4. The van der Waals surface area contributed by atoms with Crippen molar-refractivity contribution in [2.24, 2.45) is 0 Å². The molecule has 0 heterocycles. The fourth-order valence-electron chi connectivity index (χ4n) is 0.760. The Labute approximate surface area is 103 Å². The molecule has 0 amide bonds. The van der Waals surface area contributed by atoms with Crippen LogP contribution in [-0.4, -0.2) is 20.3 Å². The van der Waals surface area contributed by atoms with E-state index in [1.54, 1.807) is 7.11 Å². The van der Waals surface area contributed by atoms with E-state index in [-0.39, 0.29) is 22.3 Å². The van der Waals surface area contributed by atoms with Crippen LogP contribution >= 0.6 is 0 Å². The van der Waals surface area contributed by atoms with Crippen LogP contribution in [0.5, 0.6) is 5.75 Å². The van der Waals surface area contributed by atoms with Gasteiger partial charge in [-0.05, 0) is 12.1 Å². The maximum atomic E-state index is 5.32. The molecule has 0 aliphatic carbocycles. The van der Waals surface area contributed by atoms with Gasteiger partial charge in [0.15, 0.2) is 0 Å². The van der Waals surface area contributed by atoms with Crippen LogP contribution in [0.1, 0.15) is 36.1 Å². The molecular weight excluding hydrogens is 200 g/mol. The first-order chi connectivity index (χ1) is 6.43. The molecule has 0 saturated carbocycles. The van der Waals surface area contributed by atoms with Gasteiger partial charge in [-0.1, -0.05) is 54.3 Å². The Bertz CT molecular complexity index is 185. The quantitative estimate of drug-likeness (QED) is 0.701. The van der Waals surface area contributed by atoms with E-state index in [2.05, 4.69) is 0 Å². The summed E-state index contributed by atoms with van der Waals surface area (Å²) in [6, 6.07) is 9.71. The van der Waals surface area contributed by atoms with Gasteiger partial charge in [0.05, 0.1) is 6.61 Å². The summed E-state index contributed by atoms with van der Waals surface area (Å²) < 4.78 is 10.2. The Morgan fingerprint density at radius 1 is 0.875 bits per heavy atom. The zero-order chi connectivity index (χ0) is 9.94. The summed E-state index contributed by atoms with van der Waals surface area (Å²) in [5.41, 5.74) is 0. The maximum absolute atomic E-state index is 5.32. The third-order valence-corrected chi connectivity index (χ3v) is 1.30. The van der Waals surface area contributed by atoms with Crippen LogP contribution in [0.2, 0.25) is 0 Å². The zero-order valence-corrected chi connectivity index (χ0v) is 8.62.